The Kier molecular flexibility index (Phi) is 5.77. The number of rotatable bonds is 8. The molecule has 128 valence electrons. The molecule has 1 aliphatic heterocycles. The molecule has 2 unspecified atom stereocenters. The second-order valence-electron chi connectivity index (χ2n) is 5.55. The number of imidazole rings is 1. The van der Waals surface area contributed by atoms with Gasteiger partial charge in [-0.1, -0.05) is 0 Å². The number of thioether (sulfide) groups is 1. The van der Waals surface area contributed by atoms with Crippen molar-refractivity contribution in [1.29, 1.82) is 0 Å². The van der Waals surface area contributed by atoms with Gasteiger partial charge >= 0.3 is 0 Å². The smallest absolute Gasteiger partial charge is 0.168 e. The monoisotopic (exact) mass is 347 g/mol. The van der Waals surface area contributed by atoms with Crippen LogP contribution in [0, 0.1) is 5.92 Å². The summed E-state index contributed by atoms with van der Waals surface area (Å²) in [5.74, 6) is 2.42. The van der Waals surface area contributed by atoms with Gasteiger partial charge in [-0.25, -0.2) is 4.98 Å². The SMILES string of the molecule is COc1ccc(OCC(Cn2ccnc2)C(=O)C2NCCS2)cc1. The minimum absolute atomic E-state index is 0.141. The van der Waals surface area contributed by atoms with E-state index in [0.717, 1.165) is 23.8 Å². The van der Waals surface area contributed by atoms with Crippen molar-refractivity contribution in [3.05, 3.63) is 43.0 Å². The van der Waals surface area contributed by atoms with Gasteiger partial charge in [-0.05, 0) is 24.3 Å². The average Bonchev–Trinajstić information content (AvgIpc) is 3.32. The first-order valence-corrected chi connectivity index (χ1v) is 8.92. The fourth-order valence-corrected chi connectivity index (χ4v) is 3.63. The average molecular weight is 347 g/mol. The fourth-order valence-electron chi connectivity index (χ4n) is 2.57. The molecule has 1 N–H and O–H groups in total. The number of nitrogens with zero attached hydrogens (tertiary/aromatic N) is 2. The Hall–Kier alpha value is -1.99. The van der Waals surface area contributed by atoms with Crippen molar-refractivity contribution >= 4 is 17.5 Å². The van der Waals surface area contributed by atoms with Crippen LogP contribution in [0.4, 0.5) is 0 Å². The van der Waals surface area contributed by atoms with Gasteiger partial charge in [0.1, 0.15) is 16.9 Å². The van der Waals surface area contributed by atoms with Gasteiger partial charge in [0.15, 0.2) is 5.78 Å². The molecule has 6 nitrogen and oxygen atoms in total. The summed E-state index contributed by atoms with van der Waals surface area (Å²) in [6.45, 7) is 1.77. The zero-order valence-corrected chi connectivity index (χ0v) is 14.4. The molecule has 0 saturated carbocycles. The number of benzene rings is 1. The predicted molar refractivity (Wildman–Crippen MR) is 93.5 cm³/mol. The highest BCUT2D eigenvalue weighted by Crippen LogP contribution is 2.22. The third kappa shape index (κ3) is 4.30. The molecule has 0 bridgehead atoms. The third-order valence-corrected chi connectivity index (χ3v) is 5.05. The Morgan fingerprint density at radius 1 is 1.42 bits per heavy atom. The van der Waals surface area contributed by atoms with Crippen LogP contribution in [-0.2, 0) is 11.3 Å². The number of carbonyl (C=O) groups excluding carboxylic acids is 1. The van der Waals surface area contributed by atoms with E-state index in [1.807, 2.05) is 35.0 Å². The number of carbonyl (C=O) groups is 1. The molecule has 1 saturated heterocycles. The van der Waals surface area contributed by atoms with Crippen molar-refractivity contribution in [2.24, 2.45) is 5.92 Å². The quantitative estimate of drug-likeness (QED) is 0.786. The molecule has 24 heavy (non-hydrogen) atoms. The Labute approximate surface area is 145 Å². The molecule has 1 aromatic carbocycles. The number of aromatic nitrogens is 2. The molecule has 0 radical (unpaired) electrons. The standard InChI is InChI=1S/C17H21N3O3S/c1-22-14-2-4-15(5-3-14)23-11-13(10-20-8-6-18-12-20)16(21)17-19-7-9-24-17/h2-6,8,12-13,17,19H,7,9-11H2,1H3. The largest absolute Gasteiger partial charge is 0.497 e. The van der Waals surface area contributed by atoms with E-state index in [1.54, 1.807) is 31.4 Å². The molecule has 0 aliphatic carbocycles. The second kappa shape index (κ2) is 8.21. The molecular formula is C17H21N3O3S. The third-order valence-electron chi connectivity index (χ3n) is 3.88. The number of methoxy groups -OCH3 is 1. The summed E-state index contributed by atoms with van der Waals surface area (Å²) in [5, 5.41) is 3.11. The maximum absolute atomic E-state index is 12.8. The molecule has 1 fully saturated rings. The Balaban J connectivity index is 1.65. The van der Waals surface area contributed by atoms with E-state index in [4.69, 9.17) is 9.47 Å². The lowest BCUT2D eigenvalue weighted by Gasteiger charge is -2.20. The van der Waals surface area contributed by atoms with Crippen LogP contribution >= 0.6 is 11.8 Å². The van der Waals surface area contributed by atoms with E-state index in [0.29, 0.717) is 13.2 Å². The highest BCUT2D eigenvalue weighted by molar-refractivity contribution is 8.00. The molecule has 3 rings (SSSR count). The van der Waals surface area contributed by atoms with Gasteiger partial charge in [-0.2, -0.15) is 0 Å². The molecule has 1 aromatic heterocycles. The molecule has 0 amide bonds. The van der Waals surface area contributed by atoms with Crippen LogP contribution in [0.3, 0.4) is 0 Å². The van der Waals surface area contributed by atoms with Crippen LogP contribution in [0.5, 0.6) is 11.5 Å². The minimum Gasteiger partial charge on any atom is -0.497 e. The van der Waals surface area contributed by atoms with Crippen molar-refractivity contribution in [1.82, 2.24) is 14.9 Å². The summed E-state index contributed by atoms with van der Waals surface area (Å²) in [7, 11) is 1.63. The lowest BCUT2D eigenvalue weighted by molar-refractivity contribution is -0.124. The number of ketones is 1. The number of hydrogen-bond donors (Lipinski definition) is 1. The first kappa shape index (κ1) is 16.9. The number of hydrogen-bond acceptors (Lipinski definition) is 6. The molecular weight excluding hydrogens is 326 g/mol. The topological polar surface area (TPSA) is 65.4 Å². The lowest BCUT2D eigenvalue weighted by atomic mass is 10.0. The lowest BCUT2D eigenvalue weighted by Crippen LogP contribution is -2.38. The van der Waals surface area contributed by atoms with Crippen molar-refractivity contribution in [2.45, 2.75) is 11.9 Å². The van der Waals surface area contributed by atoms with Gasteiger partial charge in [0.05, 0.1) is 26.0 Å². The van der Waals surface area contributed by atoms with E-state index in [-0.39, 0.29) is 17.1 Å². The van der Waals surface area contributed by atoms with Crippen molar-refractivity contribution in [3.63, 3.8) is 0 Å². The minimum atomic E-state index is -0.232. The molecule has 7 heteroatoms. The first-order valence-electron chi connectivity index (χ1n) is 7.87. The van der Waals surface area contributed by atoms with Crippen LogP contribution in [0.15, 0.2) is 43.0 Å². The molecule has 1 aliphatic rings. The maximum atomic E-state index is 12.8. The van der Waals surface area contributed by atoms with Crippen molar-refractivity contribution in [2.75, 3.05) is 26.0 Å². The first-order chi connectivity index (χ1) is 11.8. The molecule has 2 heterocycles. The van der Waals surface area contributed by atoms with Gasteiger partial charge in [-0.15, -0.1) is 11.8 Å². The second-order valence-corrected chi connectivity index (χ2v) is 6.76. The normalized spacial score (nSPS) is 18.3. The maximum Gasteiger partial charge on any atom is 0.168 e. The van der Waals surface area contributed by atoms with Gasteiger partial charge < -0.3 is 14.0 Å². The summed E-state index contributed by atoms with van der Waals surface area (Å²) in [6, 6.07) is 7.38. The van der Waals surface area contributed by atoms with Crippen LogP contribution < -0.4 is 14.8 Å². The molecule has 0 spiro atoms. The van der Waals surface area contributed by atoms with Gasteiger partial charge in [0.2, 0.25) is 0 Å². The van der Waals surface area contributed by atoms with Gasteiger partial charge in [-0.3, -0.25) is 10.1 Å². The van der Waals surface area contributed by atoms with Gasteiger partial charge in [0.25, 0.3) is 0 Å². The van der Waals surface area contributed by atoms with Crippen LogP contribution in [0.2, 0.25) is 0 Å². The highest BCUT2D eigenvalue weighted by Gasteiger charge is 2.30. The Bertz CT molecular complexity index is 640. The zero-order valence-electron chi connectivity index (χ0n) is 13.6. The summed E-state index contributed by atoms with van der Waals surface area (Å²) >= 11 is 1.66. The van der Waals surface area contributed by atoms with E-state index in [2.05, 4.69) is 10.3 Å². The number of ether oxygens (including phenoxy) is 2. The number of Topliss-reactive ketones (excluding diaryl/α,β-unsaturated/α-hetero) is 1. The molecule has 2 aromatic rings. The van der Waals surface area contributed by atoms with E-state index in [1.165, 1.54) is 0 Å². The number of nitrogens with one attached hydrogen (secondary N) is 1. The van der Waals surface area contributed by atoms with E-state index >= 15 is 0 Å². The highest BCUT2D eigenvalue weighted by atomic mass is 32.2. The predicted octanol–water partition coefficient (Wildman–Crippen LogP) is 1.82. The van der Waals surface area contributed by atoms with E-state index < -0.39 is 0 Å². The van der Waals surface area contributed by atoms with Crippen LogP contribution in [-0.4, -0.2) is 46.7 Å². The van der Waals surface area contributed by atoms with Crippen LogP contribution in [0.25, 0.3) is 0 Å². The van der Waals surface area contributed by atoms with Crippen molar-refractivity contribution < 1.29 is 14.3 Å². The fraction of sp³-hybridized carbons (Fsp3) is 0.412. The Morgan fingerprint density at radius 3 is 2.83 bits per heavy atom. The Morgan fingerprint density at radius 2 is 2.21 bits per heavy atom. The zero-order chi connectivity index (χ0) is 16.8. The summed E-state index contributed by atoms with van der Waals surface area (Å²) in [6.07, 6.45) is 5.31. The summed E-state index contributed by atoms with van der Waals surface area (Å²) in [5.41, 5.74) is 0. The van der Waals surface area contributed by atoms with Crippen LogP contribution in [0.1, 0.15) is 0 Å². The molecule has 2 atom stereocenters. The van der Waals surface area contributed by atoms with Crippen molar-refractivity contribution in [3.8, 4) is 11.5 Å². The van der Waals surface area contributed by atoms with Gasteiger partial charge in [0, 0.05) is 31.2 Å². The summed E-state index contributed by atoms with van der Waals surface area (Å²) < 4.78 is 12.9. The van der Waals surface area contributed by atoms with E-state index in [9.17, 15) is 4.79 Å². The summed E-state index contributed by atoms with van der Waals surface area (Å²) in [4.78, 5) is 16.8.